The van der Waals surface area contributed by atoms with Crippen molar-refractivity contribution in [1.29, 1.82) is 0 Å². The van der Waals surface area contributed by atoms with E-state index in [0.29, 0.717) is 31.6 Å². The summed E-state index contributed by atoms with van der Waals surface area (Å²) >= 11 is 0. The zero-order valence-electron chi connectivity index (χ0n) is 14.9. The Labute approximate surface area is 155 Å². The minimum Gasteiger partial charge on any atom is -0.455 e. The summed E-state index contributed by atoms with van der Waals surface area (Å²) in [4.78, 5) is 47.2. The Kier molecular flexibility index (Phi) is 7.09. The fourth-order valence-corrected chi connectivity index (χ4v) is 2.81. The number of nitro benzene ring substituents is 1. The topological polar surface area (TPSA) is 128 Å². The Morgan fingerprint density at radius 1 is 1.22 bits per heavy atom. The summed E-state index contributed by atoms with van der Waals surface area (Å²) in [6.45, 7) is 2.07. The van der Waals surface area contributed by atoms with Gasteiger partial charge >= 0.3 is 12.1 Å². The number of ether oxygens (including phenoxy) is 2. The summed E-state index contributed by atoms with van der Waals surface area (Å²) in [6.07, 6.45) is 0.00527. The van der Waals surface area contributed by atoms with Gasteiger partial charge in [-0.2, -0.15) is 0 Å². The van der Waals surface area contributed by atoms with Crippen LogP contribution in [0, 0.1) is 16.0 Å². The highest BCUT2D eigenvalue weighted by Gasteiger charge is 2.29. The van der Waals surface area contributed by atoms with Crippen molar-refractivity contribution in [3.63, 3.8) is 0 Å². The van der Waals surface area contributed by atoms with E-state index >= 15 is 0 Å². The number of carbonyl (C=O) groups is 3. The largest absolute Gasteiger partial charge is 0.455 e. The van der Waals surface area contributed by atoms with E-state index < -0.39 is 35.4 Å². The maximum Gasteiger partial charge on any atom is 0.413 e. The van der Waals surface area contributed by atoms with Gasteiger partial charge in [-0.15, -0.1) is 0 Å². The highest BCUT2D eigenvalue weighted by atomic mass is 16.6. The van der Waals surface area contributed by atoms with E-state index in [1.54, 1.807) is 25.1 Å². The summed E-state index contributed by atoms with van der Waals surface area (Å²) in [5.74, 6) is -1.70. The van der Waals surface area contributed by atoms with E-state index in [2.05, 4.69) is 4.74 Å². The minimum atomic E-state index is -0.892. The number of hydrogen-bond donors (Lipinski definition) is 1. The lowest BCUT2D eigenvalue weighted by molar-refractivity contribution is -0.384. The monoisotopic (exact) mass is 379 g/mol. The Morgan fingerprint density at radius 2 is 1.89 bits per heavy atom. The summed E-state index contributed by atoms with van der Waals surface area (Å²) in [5.41, 5.74) is 0.539. The van der Waals surface area contributed by atoms with Crippen LogP contribution in [0.5, 0.6) is 0 Å². The second-order valence-electron chi connectivity index (χ2n) is 5.88. The first-order chi connectivity index (χ1) is 12.9. The Morgan fingerprint density at radius 3 is 2.52 bits per heavy atom. The molecule has 1 fully saturated rings. The lowest BCUT2D eigenvalue weighted by Gasteiger charge is -2.32. The van der Waals surface area contributed by atoms with Crippen molar-refractivity contribution in [2.24, 2.45) is 5.92 Å². The van der Waals surface area contributed by atoms with Gasteiger partial charge in [0.2, 0.25) is 0 Å². The predicted molar refractivity (Wildman–Crippen MR) is 94.2 cm³/mol. The molecule has 0 atom stereocenters. The fraction of sp³-hybridized carbons (Fsp3) is 0.471. The van der Waals surface area contributed by atoms with Crippen LogP contribution < -0.4 is 10.2 Å². The number of nitrogens with one attached hydrogen (secondary N) is 1. The average molecular weight is 379 g/mol. The molecule has 1 aromatic rings. The van der Waals surface area contributed by atoms with E-state index in [-0.39, 0.29) is 12.3 Å². The van der Waals surface area contributed by atoms with Crippen molar-refractivity contribution in [1.82, 2.24) is 5.32 Å². The second kappa shape index (κ2) is 9.51. The molecule has 0 saturated carbocycles. The van der Waals surface area contributed by atoms with Crippen molar-refractivity contribution in [3.05, 3.63) is 34.4 Å². The molecule has 2 amide bonds. The van der Waals surface area contributed by atoms with Crippen LogP contribution in [0.2, 0.25) is 0 Å². The second-order valence-corrected chi connectivity index (χ2v) is 5.88. The maximum absolute atomic E-state index is 12.1. The molecule has 1 aromatic carbocycles. The first-order valence-electron chi connectivity index (χ1n) is 8.54. The normalized spacial score (nSPS) is 14.3. The third-order valence-corrected chi connectivity index (χ3v) is 4.11. The number of imide groups is 1. The Bertz CT molecular complexity index is 714. The lowest BCUT2D eigenvalue weighted by Crippen LogP contribution is -2.39. The molecule has 0 aromatic heterocycles. The smallest absolute Gasteiger partial charge is 0.413 e. The van der Waals surface area contributed by atoms with E-state index in [1.807, 2.05) is 10.2 Å². The maximum atomic E-state index is 12.1. The SMILES string of the molecule is CCOC(=O)NC(=O)COC(=O)C1CCN(c2ccccc2[N+](=O)[O-])CC1. The first kappa shape index (κ1) is 20.1. The van der Waals surface area contributed by atoms with Crippen LogP contribution in [0.25, 0.3) is 0 Å². The molecule has 0 unspecified atom stereocenters. The minimum absolute atomic E-state index is 0.0224. The van der Waals surface area contributed by atoms with Gasteiger partial charge in [0.05, 0.1) is 17.4 Å². The van der Waals surface area contributed by atoms with Gasteiger partial charge in [-0.05, 0) is 25.8 Å². The highest BCUT2D eigenvalue weighted by Crippen LogP contribution is 2.31. The molecule has 10 nitrogen and oxygen atoms in total. The van der Waals surface area contributed by atoms with Gasteiger partial charge in [-0.1, -0.05) is 12.1 Å². The molecule has 0 spiro atoms. The van der Waals surface area contributed by atoms with E-state index in [9.17, 15) is 24.5 Å². The van der Waals surface area contributed by atoms with Crippen LogP contribution in [0.1, 0.15) is 19.8 Å². The zero-order chi connectivity index (χ0) is 19.8. The van der Waals surface area contributed by atoms with Crippen LogP contribution in [-0.2, 0) is 19.1 Å². The molecule has 1 saturated heterocycles. The summed E-state index contributed by atoms with van der Waals surface area (Å²) in [5, 5.41) is 13.1. The van der Waals surface area contributed by atoms with Crippen molar-refractivity contribution in [2.75, 3.05) is 31.2 Å². The van der Waals surface area contributed by atoms with Gasteiger partial charge in [-0.25, -0.2) is 4.79 Å². The number of nitro groups is 1. The third kappa shape index (κ3) is 5.66. The molecule has 1 N–H and O–H groups in total. The summed E-state index contributed by atoms with van der Waals surface area (Å²) < 4.78 is 9.49. The molecule has 2 rings (SSSR count). The van der Waals surface area contributed by atoms with Gasteiger partial charge < -0.3 is 14.4 Å². The number of rotatable bonds is 6. The van der Waals surface area contributed by atoms with Gasteiger partial charge in [-0.3, -0.25) is 25.0 Å². The van der Waals surface area contributed by atoms with Crippen LogP contribution in [0.3, 0.4) is 0 Å². The van der Waals surface area contributed by atoms with Crippen molar-refractivity contribution in [2.45, 2.75) is 19.8 Å². The lowest BCUT2D eigenvalue weighted by atomic mass is 9.96. The molecular weight excluding hydrogens is 358 g/mol. The average Bonchev–Trinajstić information content (AvgIpc) is 2.66. The molecule has 1 aliphatic heterocycles. The first-order valence-corrected chi connectivity index (χ1v) is 8.54. The van der Waals surface area contributed by atoms with Crippen molar-refractivity contribution in [3.8, 4) is 0 Å². The summed E-state index contributed by atoms with van der Waals surface area (Å²) in [7, 11) is 0. The molecule has 0 aliphatic carbocycles. The van der Waals surface area contributed by atoms with Crippen LogP contribution >= 0.6 is 0 Å². The fourth-order valence-electron chi connectivity index (χ4n) is 2.81. The van der Waals surface area contributed by atoms with Gasteiger partial charge in [0.25, 0.3) is 11.6 Å². The van der Waals surface area contributed by atoms with Gasteiger partial charge in [0.1, 0.15) is 5.69 Å². The van der Waals surface area contributed by atoms with Crippen LogP contribution in [0.4, 0.5) is 16.2 Å². The van der Waals surface area contributed by atoms with Gasteiger partial charge in [0, 0.05) is 19.2 Å². The molecule has 1 heterocycles. The van der Waals surface area contributed by atoms with E-state index in [1.165, 1.54) is 6.07 Å². The zero-order valence-corrected chi connectivity index (χ0v) is 14.9. The number of alkyl carbamates (subject to hydrolysis) is 1. The number of nitrogens with zero attached hydrogens (tertiary/aromatic N) is 2. The molecule has 10 heteroatoms. The number of anilines is 1. The molecule has 27 heavy (non-hydrogen) atoms. The molecule has 0 bridgehead atoms. The molecular formula is C17H21N3O7. The van der Waals surface area contributed by atoms with E-state index in [4.69, 9.17) is 4.74 Å². The molecule has 0 radical (unpaired) electrons. The number of carbonyl (C=O) groups excluding carboxylic acids is 3. The third-order valence-electron chi connectivity index (χ3n) is 4.11. The number of piperidine rings is 1. The molecule has 146 valence electrons. The van der Waals surface area contributed by atoms with Crippen LogP contribution in [-0.4, -0.2) is 49.2 Å². The Balaban J connectivity index is 1.82. The Hall–Kier alpha value is -3.17. The molecule has 1 aliphatic rings. The number of esters is 1. The quantitative estimate of drug-likeness (QED) is 0.449. The number of benzene rings is 1. The highest BCUT2D eigenvalue weighted by molar-refractivity contribution is 5.93. The van der Waals surface area contributed by atoms with E-state index in [0.717, 1.165) is 0 Å². The number of amides is 2. The predicted octanol–water partition coefficient (Wildman–Crippen LogP) is 1.63. The number of hydrogen-bond acceptors (Lipinski definition) is 8. The number of para-hydroxylation sites is 2. The van der Waals surface area contributed by atoms with Crippen LogP contribution in [0.15, 0.2) is 24.3 Å². The standard InChI is InChI=1S/C17H21N3O7/c1-2-26-17(23)18-15(21)11-27-16(22)12-7-9-19(10-8-12)13-5-3-4-6-14(13)20(24)25/h3-6,12H,2,7-11H2,1H3,(H,18,21,23). The summed E-state index contributed by atoms with van der Waals surface area (Å²) in [6, 6.07) is 6.45. The van der Waals surface area contributed by atoms with Crippen molar-refractivity contribution >= 4 is 29.3 Å². The van der Waals surface area contributed by atoms with Crippen molar-refractivity contribution < 1.29 is 28.8 Å². The van der Waals surface area contributed by atoms with Gasteiger partial charge in [0.15, 0.2) is 6.61 Å².